The van der Waals surface area contributed by atoms with Gasteiger partial charge in [-0.25, -0.2) is 4.79 Å². The minimum Gasteiger partial charge on any atom is -0.465 e. The zero-order chi connectivity index (χ0) is 12.4. The first kappa shape index (κ1) is 12.1. The van der Waals surface area contributed by atoms with E-state index in [1.54, 1.807) is 11.3 Å². The second-order valence-electron chi connectivity index (χ2n) is 3.51. The van der Waals surface area contributed by atoms with Crippen LogP contribution >= 0.6 is 22.7 Å². The zero-order valence-electron chi connectivity index (χ0n) is 9.65. The Morgan fingerprint density at radius 3 is 2.82 bits per heavy atom. The summed E-state index contributed by atoms with van der Waals surface area (Å²) in [5.41, 5.74) is 8.73. The topological polar surface area (TPSA) is 52.3 Å². The second kappa shape index (κ2) is 4.89. The highest BCUT2D eigenvalue weighted by Crippen LogP contribution is 2.40. The molecule has 0 aromatic carbocycles. The van der Waals surface area contributed by atoms with Crippen molar-refractivity contribution in [2.45, 2.75) is 13.3 Å². The van der Waals surface area contributed by atoms with Crippen LogP contribution in [-0.4, -0.2) is 13.1 Å². The minimum absolute atomic E-state index is 0.358. The highest BCUT2D eigenvalue weighted by molar-refractivity contribution is 7.18. The van der Waals surface area contributed by atoms with Crippen molar-refractivity contribution >= 4 is 34.3 Å². The van der Waals surface area contributed by atoms with E-state index in [4.69, 9.17) is 10.5 Å². The molecule has 2 aromatic heterocycles. The number of hydrogen-bond acceptors (Lipinski definition) is 5. The van der Waals surface area contributed by atoms with E-state index in [0.717, 1.165) is 22.4 Å². The van der Waals surface area contributed by atoms with Crippen molar-refractivity contribution < 1.29 is 9.53 Å². The summed E-state index contributed by atoms with van der Waals surface area (Å²) in [5.74, 6) is -0.358. The number of nitrogens with two attached hydrogens (primary N) is 1. The van der Waals surface area contributed by atoms with Gasteiger partial charge in [0.25, 0.3) is 0 Å². The number of carbonyl (C=O) groups is 1. The number of carbonyl (C=O) groups excluding carboxylic acids is 1. The van der Waals surface area contributed by atoms with Gasteiger partial charge in [0.15, 0.2) is 0 Å². The Bertz CT molecular complexity index is 529. The molecule has 17 heavy (non-hydrogen) atoms. The smallest absolute Gasteiger partial charge is 0.350 e. The van der Waals surface area contributed by atoms with Crippen LogP contribution in [0.15, 0.2) is 16.8 Å². The molecule has 0 saturated heterocycles. The van der Waals surface area contributed by atoms with E-state index in [9.17, 15) is 4.79 Å². The molecule has 0 bridgehead atoms. The number of ether oxygens (including phenoxy) is 1. The van der Waals surface area contributed by atoms with Gasteiger partial charge in [0.1, 0.15) is 4.88 Å². The summed E-state index contributed by atoms with van der Waals surface area (Å²) in [4.78, 5) is 13.2. The molecule has 3 nitrogen and oxygen atoms in total. The highest BCUT2D eigenvalue weighted by atomic mass is 32.1. The van der Waals surface area contributed by atoms with Crippen molar-refractivity contribution in [2.24, 2.45) is 0 Å². The van der Waals surface area contributed by atoms with E-state index >= 15 is 0 Å². The molecular formula is C12H13NO2S2. The quantitative estimate of drug-likeness (QED) is 0.867. The third-order valence-electron chi connectivity index (χ3n) is 2.56. The Kier molecular flexibility index (Phi) is 3.49. The van der Waals surface area contributed by atoms with E-state index in [1.807, 2.05) is 18.4 Å². The van der Waals surface area contributed by atoms with Gasteiger partial charge in [0, 0.05) is 10.4 Å². The molecule has 0 saturated carbocycles. The van der Waals surface area contributed by atoms with Gasteiger partial charge in [-0.05, 0) is 28.8 Å². The van der Waals surface area contributed by atoms with Crippen LogP contribution in [0.4, 0.5) is 5.69 Å². The third kappa shape index (κ3) is 2.08. The number of anilines is 1. The fourth-order valence-corrected chi connectivity index (χ4v) is 3.65. The Labute approximate surface area is 108 Å². The lowest BCUT2D eigenvalue weighted by Gasteiger charge is -1.99. The van der Waals surface area contributed by atoms with E-state index in [0.29, 0.717) is 10.6 Å². The van der Waals surface area contributed by atoms with Crippen LogP contribution < -0.4 is 5.73 Å². The molecule has 0 radical (unpaired) electrons. The van der Waals surface area contributed by atoms with Gasteiger partial charge in [0.05, 0.1) is 12.8 Å². The number of methoxy groups -OCH3 is 1. The van der Waals surface area contributed by atoms with E-state index in [2.05, 4.69) is 5.38 Å². The molecule has 2 rings (SSSR count). The average Bonchev–Trinajstić information content (AvgIpc) is 2.95. The second-order valence-corrected chi connectivity index (χ2v) is 5.31. The predicted octanol–water partition coefficient (Wildman–Crippen LogP) is 3.41. The van der Waals surface area contributed by atoms with Crippen molar-refractivity contribution in [3.63, 3.8) is 0 Å². The van der Waals surface area contributed by atoms with Crippen LogP contribution in [0.5, 0.6) is 0 Å². The van der Waals surface area contributed by atoms with Crippen molar-refractivity contribution in [2.75, 3.05) is 12.8 Å². The molecule has 0 aliphatic rings. The molecule has 5 heteroatoms. The Morgan fingerprint density at radius 1 is 1.53 bits per heavy atom. The summed E-state index contributed by atoms with van der Waals surface area (Å²) in [6, 6.07) is 2.04. The van der Waals surface area contributed by atoms with Gasteiger partial charge in [-0.1, -0.05) is 6.92 Å². The van der Waals surface area contributed by atoms with Crippen LogP contribution in [0.3, 0.4) is 0 Å². The van der Waals surface area contributed by atoms with Gasteiger partial charge in [-0.15, -0.1) is 11.3 Å². The fourth-order valence-electron chi connectivity index (χ4n) is 1.70. The summed E-state index contributed by atoms with van der Waals surface area (Å²) in [6.07, 6.45) is 0.810. The standard InChI is InChI=1S/C12H13NO2S2/c1-3-8-9(13)11(12(14)15-2)17-10(8)7-4-5-16-6-7/h4-6H,3,13H2,1-2H3. The molecule has 0 aliphatic carbocycles. The lowest BCUT2D eigenvalue weighted by Crippen LogP contribution is -2.02. The van der Waals surface area contributed by atoms with Crippen LogP contribution in [-0.2, 0) is 11.2 Å². The number of esters is 1. The van der Waals surface area contributed by atoms with E-state index in [-0.39, 0.29) is 5.97 Å². The molecule has 0 aliphatic heterocycles. The molecule has 2 heterocycles. The molecular weight excluding hydrogens is 254 g/mol. The lowest BCUT2D eigenvalue weighted by atomic mass is 10.1. The molecule has 2 N–H and O–H groups in total. The average molecular weight is 267 g/mol. The molecule has 0 unspecified atom stereocenters. The first-order chi connectivity index (χ1) is 8.19. The molecule has 0 atom stereocenters. The Morgan fingerprint density at radius 2 is 2.29 bits per heavy atom. The Hall–Kier alpha value is -1.33. The van der Waals surface area contributed by atoms with Gasteiger partial charge < -0.3 is 10.5 Å². The van der Waals surface area contributed by atoms with Crippen LogP contribution in [0.25, 0.3) is 10.4 Å². The summed E-state index contributed by atoms with van der Waals surface area (Å²) >= 11 is 3.04. The number of thiophene rings is 2. The Balaban J connectivity index is 2.57. The molecule has 0 spiro atoms. The van der Waals surface area contributed by atoms with Crippen molar-refractivity contribution in [3.05, 3.63) is 27.3 Å². The zero-order valence-corrected chi connectivity index (χ0v) is 11.3. The van der Waals surface area contributed by atoms with Crippen molar-refractivity contribution in [1.29, 1.82) is 0 Å². The van der Waals surface area contributed by atoms with E-state index in [1.165, 1.54) is 18.4 Å². The molecule has 90 valence electrons. The molecule has 0 amide bonds. The van der Waals surface area contributed by atoms with Crippen molar-refractivity contribution in [3.8, 4) is 10.4 Å². The first-order valence-electron chi connectivity index (χ1n) is 5.21. The third-order valence-corrected chi connectivity index (χ3v) is 4.52. The predicted molar refractivity (Wildman–Crippen MR) is 72.8 cm³/mol. The molecule has 2 aromatic rings. The van der Waals surface area contributed by atoms with Crippen LogP contribution in [0.2, 0.25) is 0 Å². The van der Waals surface area contributed by atoms with Gasteiger partial charge >= 0.3 is 5.97 Å². The first-order valence-corrected chi connectivity index (χ1v) is 6.97. The summed E-state index contributed by atoms with van der Waals surface area (Å²) in [7, 11) is 1.37. The highest BCUT2D eigenvalue weighted by Gasteiger charge is 2.21. The number of rotatable bonds is 3. The van der Waals surface area contributed by atoms with Gasteiger partial charge in [-0.3, -0.25) is 0 Å². The lowest BCUT2D eigenvalue weighted by molar-refractivity contribution is 0.0607. The fraction of sp³-hybridized carbons (Fsp3) is 0.250. The van der Waals surface area contributed by atoms with Gasteiger partial charge in [0.2, 0.25) is 0 Å². The van der Waals surface area contributed by atoms with Gasteiger partial charge in [-0.2, -0.15) is 11.3 Å². The SMILES string of the molecule is CCc1c(-c2ccsc2)sc(C(=O)OC)c1N. The minimum atomic E-state index is -0.358. The summed E-state index contributed by atoms with van der Waals surface area (Å²) in [6.45, 7) is 2.04. The summed E-state index contributed by atoms with van der Waals surface area (Å²) < 4.78 is 4.74. The maximum absolute atomic E-state index is 11.6. The maximum Gasteiger partial charge on any atom is 0.350 e. The maximum atomic E-state index is 11.6. The number of nitrogen functional groups attached to an aromatic ring is 1. The summed E-state index contributed by atoms with van der Waals surface area (Å²) in [5, 5.41) is 4.08. The van der Waals surface area contributed by atoms with E-state index < -0.39 is 0 Å². The number of hydrogen-bond donors (Lipinski definition) is 1. The monoisotopic (exact) mass is 267 g/mol. The van der Waals surface area contributed by atoms with Crippen LogP contribution in [0.1, 0.15) is 22.2 Å². The van der Waals surface area contributed by atoms with Crippen molar-refractivity contribution in [1.82, 2.24) is 0 Å². The largest absolute Gasteiger partial charge is 0.465 e. The van der Waals surface area contributed by atoms with Crippen LogP contribution in [0, 0.1) is 0 Å². The molecule has 0 fully saturated rings. The normalized spacial score (nSPS) is 10.5.